The Balaban J connectivity index is 0.00000200. The third kappa shape index (κ3) is 3.40. The van der Waals surface area contributed by atoms with Gasteiger partial charge in [0.1, 0.15) is 0 Å². The average molecular weight is 360 g/mol. The van der Waals surface area contributed by atoms with Gasteiger partial charge in [-0.2, -0.15) is 4.31 Å². The van der Waals surface area contributed by atoms with Crippen LogP contribution in [0.15, 0.2) is 23.1 Å². The monoisotopic (exact) mass is 358 g/mol. The lowest BCUT2D eigenvalue weighted by Crippen LogP contribution is -2.34. The van der Waals surface area contributed by atoms with Crippen LogP contribution in [0.3, 0.4) is 0 Å². The third-order valence-corrected chi connectivity index (χ3v) is 6.15. The van der Waals surface area contributed by atoms with E-state index >= 15 is 0 Å². The molecule has 1 aromatic carbocycles. The van der Waals surface area contributed by atoms with Crippen molar-refractivity contribution in [1.29, 1.82) is 0 Å². The molecule has 114 valence electrons. The van der Waals surface area contributed by atoms with Gasteiger partial charge in [-0.1, -0.05) is 23.2 Å². The van der Waals surface area contributed by atoms with E-state index < -0.39 is 10.0 Å². The van der Waals surface area contributed by atoms with Crippen molar-refractivity contribution in [3.63, 3.8) is 0 Å². The van der Waals surface area contributed by atoms with Crippen molar-refractivity contribution in [1.82, 2.24) is 4.31 Å². The largest absolute Gasteiger partial charge is 0.330 e. The molecular formula is C12H17Cl3N2O2S. The second kappa shape index (κ2) is 6.81. The van der Waals surface area contributed by atoms with Gasteiger partial charge in [-0.3, -0.25) is 0 Å². The van der Waals surface area contributed by atoms with Crippen LogP contribution in [0.5, 0.6) is 0 Å². The van der Waals surface area contributed by atoms with Crippen molar-refractivity contribution < 1.29 is 8.42 Å². The summed E-state index contributed by atoms with van der Waals surface area (Å²) in [5, 5.41) is 0.583. The van der Waals surface area contributed by atoms with Crippen molar-refractivity contribution in [2.24, 2.45) is 11.7 Å². The molecule has 2 unspecified atom stereocenters. The summed E-state index contributed by atoms with van der Waals surface area (Å²) < 4.78 is 26.6. The molecule has 2 rings (SSSR count). The molecular weight excluding hydrogens is 343 g/mol. The highest BCUT2D eigenvalue weighted by Crippen LogP contribution is 2.31. The van der Waals surface area contributed by atoms with Crippen LogP contribution in [0, 0.1) is 5.92 Å². The zero-order chi connectivity index (χ0) is 14.2. The molecule has 1 aliphatic heterocycles. The molecule has 0 aliphatic carbocycles. The molecule has 2 atom stereocenters. The SMILES string of the molecule is CC1CC(CN)CN1S(=O)(=O)c1ccc(Cl)c(Cl)c1.Cl. The molecule has 0 spiro atoms. The van der Waals surface area contributed by atoms with E-state index in [0.717, 1.165) is 6.42 Å². The molecule has 1 aliphatic rings. The van der Waals surface area contributed by atoms with Crippen LogP contribution in [-0.2, 0) is 10.0 Å². The third-order valence-electron chi connectivity index (χ3n) is 3.44. The molecule has 1 fully saturated rings. The minimum atomic E-state index is -3.54. The Labute approximate surface area is 135 Å². The minimum absolute atomic E-state index is 0. The number of sulfonamides is 1. The van der Waals surface area contributed by atoms with E-state index in [1.54, 1.807) is 0 Å². The maximum absolute atomic E-state index is 12.6. The maximum atomic E-state index is 12.6. The molecule has 0 saturated carbocycles. The lowest BCUT2D eigenvalue weighted by Gasteiger charge is -2.21. The molecule has 1 aromatic rings. The standard InChI is InChI=1S/C12H16Cl2N2O2S.ClH/c1-8-4-9(6-15)7-16(8)19(17,18)10-2-3-11(13)12(14)5-10;/h2-3,5,8-9H,4,6-7,15H2,1H3;1H. The summed E-state index contributed by atoms with van der Waals surface area (Å²) in [6, 6.07) is 4.32. The van der Waals surface area contributed by atoms with E-state index in [4.69, 9.17) is 28.9 Å². The number of rotatable bonds is 3. The van der Waals surface area contributed by atoms with Crippen LogP contribution < -0.4 is 5.73 Å². The molecule has 8 heteroatoms. The Morgan fingerprint density at radius 2 is 2.00 bits per heavy atom. The number of nitrogens with two attached hydrogens (primary N) is 1. The van der Waals surface area contributed by atoms with Crippen molar-refractivity contribution in [3.05, 3.63) is 28.2 Å². The van der Waals surface area contributed by atoms with Gasteiger partial charge in [0.2, 0.25) is 10.0 Å². The zero-order valence-electron chi connectivity index (χ0n) is 10.9. The highest BCUT2D eigenvalue weighted by atomic mass is 35.5. The number of halogens is 3. The van der Waals surface area contributed by atoms with Crippen molar-refractivity contribution in [2.45, 2.75) is 24.3 Å². The van der Waals surface area contributed by atoms with E-state index in [1.165, 1.54) is 22.5 Å². The summed E-state index contributed by atoms with van der Waals surface area (Å²) in [6.07, 6.45) is 0.789. The summed E-state index contributed by atoms with van der Waals surface area (Å²) in [5.41, 5.74) is 5.62. The number of hydrogen-bond donors (Lipinski definition) is 1. The highest BCUT2D eigenvalue weighted by Gasteiger charge is 2.37. The van der Waals surface area contributed by atoms with E-state index in [2.05, 4.69) is 0 Å². The topological polar surface area (TPSA) is 63.4 Å². The molecule has 0 amide bonds. The number of benzene rings is 1. The van der Waals surface area contributed by atoms with Crippen LogP contribution in [0.25, 0.3) is 0 Å². The van der Waals surface area contributed by atoms with Crippen LogP contribution in [0.1, 0.15) is 13.3 Å². The number of hydrogen-bond acceptors (Lipinski definition) is 3. The highest BCUT2D eigenvalue weighted by molar-refractivity contribution is 7.89. The molecule has 0 bridgehead atoms. The van der Waals surface area contributed by atoms with E-state index in [0.29, 0.717) is 18.1 Å². The van der Waals surface area contributed by atoms with Gasteiger partial charge in [0.05, 0.1) is 14.9 Å². The summed E-state index contributed by atoms with van der Waals surface area (Å²) in [4.78, 5) is 0.173. The van der Waals surface area contributed by atoms with Gasteiger partial charge in [0.15, 0.2) is 0 Å². The molecule has 0 radical (unpaired) electrons. The lowest BCUT2D eigenvalue weighted by molar-refractivity contribution is 0.404. The van der Waals surface area contributed by atoms with E-state index in [9.17, 15) is 8.42 Å². The van der Waals surface area contributed by atoms with E-state index in [1.807, 2.05) is 6.92 Å². The molecule has 2 N–H and O–H groups in total. The summed E-state index contributed by atoms with van der Waals surface area (Å²) in [6.45, 7) is 2.85. The van der Waals surface area contributed by atoms with Gasteiger partial charge in [0, 0.05) is 12.6 Å². The normalized spacial score (nSPS) is 23.6. The Morgan fingerprint density at radius 3 is 2.50 bits per heavy atom. The van der Waals surface area contributed by atoms with Gasteiger partial charge in [-0.25, -0.2) is 8.42 Å². The molecule has 20 heavy (non-hydrogen) atoms. The maximum Gasteiger partial charge on any atom is 0.243 e. The minimum Gasteiger partial charge on any atom is -0.330 e. The Morgan fingerprint density at radius 1 is 1.35 bits per heavy atom. The Hall–Kier alpha value is -0.0400. The fraction of sp³-hybridized carbons (Fsp3) is 0.500. The predicted octanol–water partition coefficient (Wildman–Crippen LogP) is 2.77. The van der Waals surface area contributed by atoms with Gasteiger partial charge in [-0.15, -0.1) is 12.4 Å². The van der Waals surface area contributed by atoms with Gasteiger partial charge in [0.25, 0.3) is 0 Å². The molecule has 4 nitrogen and oxygen atoms in total. The van der Waals surface area contributed by atoms with Crippen molar-refractivity contribution in [2.75, 3.05) is 13.1 Å². The van der Waals surface area contributed by atoms with Crippen molar-refractivity contribution >= 4 is 45.6 Å². The smallest absolute Gasteiger partial charge is 0.243 e. The first-order chi connectivity index (χ1) is 8.86. The number of nitrogens with zero attached hydrogens (tertiary/aromatic N) is 1. The first-order valence-electron chi connectivity index (χ1n) is 6.03. The summed E-state index contributed by atoms with van der Waals surface area (Å²) in [7, 11) is -3.54. The second-order valence-electron chi connectivity index (χ2n) is 4.84. The van der Waals surface area contributed by atoms with Crippen molar-refractivity contribution in [3.8, 4) is 0 Å². The molecule has 1 heterocycles. The van der Waals surface area contributed by atoms with E-state index in [-0.39, 0.29) is 34.3 Å². The molecule has 1 saturated heterocycles. The first kappa shape index (κ1) is 18.0. The Bertz CT molecular complexity index is 580. The fourth-order valence-electron chi connectivity index (χ4n) is 2.39. The van der Waals surface area contributed by atoms with Gasteiger partial charge in [-0.05, 0) is 44.0 Å². The Kier molecular flexibility index (Phi) is 6.14. The summed E-state index contributed by atoms with van der Waals surface area (Å²) in [5.74, 6) is 0.215. The zero-order valence-corrected chi connectivity index (χ0v) is 14.1. The summed E-state index contributed by atoms with van der Waals surface area (Å²) >= 11 is 11.7. The molecule has 0 aromatic heterocycles. The lowest BCUT2D eigenvalue weighted by atomic mass is 10.1. The first-order valence-corrected chi connectivity index (χ1v) is 8.23. The second-order valence-corrected chi connectivity index (χ2v) is 7.54. The van der Waals surface area contributed by atoms with Crippen LogP contribution in [0.2, 0.25) is 10.0 Å². The van der Waals surface area contributed by atoms with Crippen LogP contribution in [0.4, 0.5) is 0 Å². The predicted molar refractivity (Wildman–Crippen MR) is 84.2 cm³/mol. The van der Waals surface area contributed by atoms with Gasteiger partial charge < -0.3 is 5.73 Å². The fourth-order valence-corrected chi connectivity index (χ4v) is 4.49. The quantitative estimate of drug-likeness (QED) is 0.902. The van der Waals surface area contributed by atoms with Crippen LogP contribution in [-0.4, -0.2) is 31.9 Å². The van der Waals surface area contributed by atoms with Gasteiger partial charge >= 0.3 is 0 Å². The van der Waals surface area contributed by atoms with Crippen LogP contribution >= 0.6 is 35.6 Å². The average Bonchev–Trinajstić information content (AvgIpc) is 2.74.